The fraction of sp³-hybridized carbons (Fsp3) is 0.667. The van der Waals surface area contributed by atoms with Gasteiger partial charge in [0.25, 0.3) is 5.88 Å². The van der Waals surface area contributed by atoms with E-state index in [-0.39, 0.29) is 18.5 Å². The van der Waals surface area contributed by atoms with Crippen molar-refractivity contribution in [3.05, 3.63) is 11.8 Å². The molecule has 1 N–H and O–H groups in total. The van der Waals surface area contributed by atoms with Crippen LogP contribution < -0.4 is 4.74 Å². The average molecular weight is 257 g/mol. The third kappa shape index (κ3) is 3.73. The Hall–Kier alpha value is -1.56. The molecule has 1 unspecified atom stereocenters. The lowest BCUT2D eigenvalue weighted by Gasteiger charge is -2.14. The fourth-order valence-corrected chi connectivity index (χ4v) is 1.57. The van der Waals surface area contributed by atoms with Gasteiger partial charge in [0.05, 0.1) is 13.7 Å². The predicted octanol–water partition coefficient (Wildman–Crippen LogP) is 1.35. The Kier molecular flexibility index (Phi) is 5.64. The number of methoxy groups -OCH3 is 1. The summed E-state index contributed by atoms with van der Waals surface area (Å²) in [6.45, 7) is 4.21. The molecule has 0 fully saturated rings. The van der Waals surface area contributed by atoms with Crippen LogP contribution in [0.15, 0.2) is 10.6 Å². The molecule has 1 aromatic heterocycles. The second-order valence-corrected chi connectivity index (χ2v) is 4.24. The van der Waals surface area contributed by atoms with Crippen LogP contribution in [0.25, 0.3) is 0 Å². The van der Waals surface area contributed by atoms with Gasteiger partial charge in [0, 0.05) is 19.1 Å². The molecule has 18 heavy (non-hydrogen) atoms. The van der Waals surface area contributed by atoms with Crippen molar-refractivity contribution in [3.8, 4) is 5.88 Å². The third-order valence-corrected chi connectivity index (χ3v) is 2.49. The van der Waals surface area contributed by atoms with Crippen LogP contribution in [-0.2, 0) is 9.53 Å². The lowest BCUT2D eigenvalue weighted by molar-refractivity contribution is -0.144. The number of aromatic nitrogens is 1. The minimum atomic E-state index is -0.488. The molecule has 0 saturated carbocycles. The lowest BCUT2D eigenvalue weighted by atomic mass is 9.93. The van der Waals surface area contributed by atoms with Gasteiger partial charge >= 0.3 is 5.97 Å². The first-order valence-corrected chi connectivity index (χ1v) is 5.88. The lowest BCUT2D eigenvalue weighted by Crippen LogP contribution is -2.19. The van der Waals surface area contributed by atoms with E-state index in [4.69, 9.17) is 19.1 Å². The van der Waals surface area contributed by atoms with E-state index in [1.165, 1.54) is 7.11 Å². The molecular formula is C12H19NO5. The minimum Gasteiger partial charge on any atom is -0.475 e. The van der Waals surface area contributed by atoms with E-state index in [1.807, 2.05) is 13.8 Å². The number of ether oxygens (including phenoxy) is 2. The molecule has 0 aliphatic carbocycles. The maximum atomic E-state index is 11.6. The Morgan fingerprint density at radius 3 is 2.83 bits per heavy atom. The summed E-state index contributed by atoms with van der Waals surface area (Å²) in [7, 11) is 1.34. The highest BCUT2D eigenvalue weighted by atomic mass is 16.5. The minimum absolute atomic E-state index is 0.0377. The zero-order valence-electron chi connectivity index (χ0n) is 10.9. The zero-order chi connectivity index (χ0) is 13.5. The fourth-order valence-electron chi connectivity index (χ4n) is 1.57. The molecule has 0 spiro atoms. The maximum Gasteiger partial charge on any atom is 0.316 e. The number of aliphatic hydroxyl groups excluding tert-OH is 1. The smallest absolute Gasteiger partial charge is 0.316 e. The summed E-state index contributed by atoms with van der Waals surface area (Å²) in [4.78, 5) is 11.6. The van der Waals surface area contributed by atoms with Crippen molar-refractivity contribution < 1.29 is 23.9 Å². The van der Waals surface area contributed by atoms with E-state index < -0.39 is 5.92 Å². The van der Waals surface area contributed by atoms with Gasteiger partial charge in [-0.3, -0.25) is 4.79 Å². The van der Waals surface area contributed by atoms with E-state index in [0.717, 1.165) is 0 Å². The summed E-state index contributed by atoms with van der Waals surface area (Å²) >= 11 is 0. The Bertz CT molecular complexity index is 374. The molecule has 1 aromatic rings. The first-order valence-electron chi connectivity index (χ1n) is 5.88. The first-order chi connectivity index (χ1) is 8.60. The highest BCUT2D eigenvalue weighted by Crippen LogP contribution is 2.28. The quantitative estimate of drug-likeness (QED) is 0.586. The van der Waals surface area contributed by atoms with Gasteiger partial charge in [0.2, 0.25) is 0 Å². The van der Waals surface area contributed by atoms with Gasteiger partial charge in [-0.15, -0.1) is 0 Å². The van der Waals surface area contributed by atoms with Gasteiger partial charge in [-0.1, -0.05) is 13.8 Å². The Balaban J connectivity index is 2.72. The molecule has 6 nitrogen and oxygen atoms in total. The normalized spacial score (nSPS) is 12.5. The van der Waals surface area contributed by atoms with Crippen LogP contribution in [-0.4, -0.2) is 36.6 Å². The van der Waals surface area contributed by atoms with Gasteiger partial charge in [-0.05, 0) is 11.1 Å². The number of carbonyl (C=O) groups excluding carboxylic acids is 1. The number of rotatable bonds is 7. The molecule has 102 valence electrons. The first kappa shape index (κ1) is 14.5. The van der Waals surface area contributed by atoms with Crippen molar-refractivity contribution in [1.29, 1.82) is 0 Å². The van der Waals surface area contributed by atoms with Crippen LogP contribution in [0.4, 0.5) is 0 Å². The predicted molar refractivity (Wildman–Crippen MR) is 63.3 cm³/mol. The van der Waals surface area contributed by atoms with Gasteiger partial charge in [-0.2, -0.15) is 0 Å². The van der Waals surface area contributed by atoms with Crippen LogP contribution in [0, 0.1) is 5.92 Å². The standard InChI is InChI=1S/C12H19NO5/c1-8(2)11(12(15)16-3)9-7-10(13-18-9)17-6-4-5-14/h7-8,11,14H,4-6H2,1-3H3. The topological polar surface area (TPSA) is 81.8 Å². The number of nitrogens with zero attached hydrogens (tertiary/aromatic N) is 1. The van der Waals surface area contributed by atoms with Crippen molar-refractivity contribution in [3.63, 3.8) is 0 Å². The van der Waals surface area contributed by atoms with E-state index in [0.29, 0.717) is 24.7 Å². The van der Waals surface area contributed by atoms with E-state index in [2.05, 4.69) is 5.16 Å². The summed E-state index contributed by atoms with van der Waals surface area (Å²) in [5.74, 6) is -0.0692. The van der Waals surface area contributed by atoms with Crippen molar-refractivity contribution in [1.82, 2.24) is 5.16 Å². The molecule has 0 aliphatic rings. The number of hydrogen-bond donors (Lipinski definition) is 1. The molecule has 0 amide bonds. The molecular weight excluding hydrogens is 238 g/mol. The monoisotopic (exact) mass is 257 g/mol. The summed E-state index contributed by atoms with van der Waals surface area (Å²) in [6, 6.07) is 1.58. The number of hydrogen-bond acceptors (Lipinski definition) is 6. The number of carbonyl (C=O) groups is 1. The molecule has 0 aliphatic heterocycles. The average Bonchev–Trinajstić information content (AvgIpc) is 2.77. The van der Waals surface area contributed by atoms with Crippen LogP contribution in [0.2, 0.25) is 0 Å². The second kappa shape index (κ2) is 7.00. The largest absolute Gasteiger partial charge is 0.475 e. The van der Waals surface area contributed by atoms with Gasteiger partial charge in [0.15, 0.2) is 5.76 Å². The summed E-state index contributed by atoms with van der Waals surface area (Å²) in [5.41, 5.74) is 0. The highest BCUT2D eigenvalue weighted by molar-refractivity contribution is 5.77. The summed E-state index contributed by atoms with van der Waals surface area (Å²) < 4.78 is 15.1. The van der Waals surface area contributed by atoms with Crippen LogP contribution in [0.1, 0.15) is 31.9 Å². The molecule has 1 rings (SSSR count). The molecule has 0 radical (unpaired) electrons. The Morgan fingerprint density at radius 1 is 1.56 bits per heavy atom. The van der Waals surface area contributed by atoms with Crippen molar-refractivity contribution in [2.75, 3.05) is 20.3 Å². The van der Waals surface area contributed by atoms with Gasteiger partial charge < -0.3 is 19.1 Å². The molecule has 6 heteroatoms. The Labute approximate surface area is 106 Å². The molecule has 0 bridgehead atoms. The molecule has 1 atom stereocenters. The number of esters is 1. The molecule has 0 saturated heterocycles. The van der Waals surface area contributed by atoms with E-state index in [1.54, 1.807) is 6.07 Å². The summed E-state index contributed by atoms with van der Waals surface area (Å²) in [6.07, 6.45) is 0.521. The van der Waals surface area contributed by atoms with E-state index in [9.17, 15) is 4.79 Å². The van der Waals surface area contributed by atoms with Gasteiger partial charge in [-0.25, -0.2) is 0 Å². The molecule has 1 heterocycles. The number of aliphatic hydroxyl groups is 1. The van der Waals surface area contributed by atoms with Crippen molar-refractivity contribution >= 4 is 5.97 Å². The SMILES string of the molecule is COC(=O)C(c1cc(OCCCO)no1)C(C)C. The van der Waals surface area contributed by atoms with Crippen LogP contribution in [0.3, 0.4) is 0 Å². The maximum absolute atomic E-state index is 11.6. The third-order valence-electron chi connectivity index (χ3n) is 2.49. The van der Waals surface area contributed by atoms with Crippen LogP contribution >= 0.6 is 0 Å². The highest BCUT2D eigenvalue weighted by Gasteiger charge is 2.29. The van der Waals surface area contributed by atoms with Crippen LogP contribution in [0.5, 0.6) is 5.88 Å². The Morgan fingerprint density at radius 2 is 2.28 bits per heavy atom. The van der Waals surface area contributed by atoms with E-state index >= 15 is 0 Å². The van der Waals surface area contributed by atoms with Crippen molar-refractivity contribution in [2.24, 2.45) is 5.92 Å². The van der Waals surface area contributed by atoms with Crippen molar-refractivity contribution in [2.45, 2.75) is 26.2 Å². The second-order valence-electron chi connectivity index (χ2n) is 4.24. The zero-order valence-corrected chi connectivity index (χ0v) is 10.9. The summed E-state index contributed by atoms with van der Waals surface area (Å²) in [5, 5.41) is 12.4. The molecule has 0 aromatic carbocycles. The van der Waals surface area contributed by atoms with Gasteiger partial charge in [0.1, 0.15) is 5.92 Å².